The summed E-state index contributed by atoms with van der Waals surface area (Å²) in [6.07, 6.45) is 20.2. The molecule has 256 valence electrons. The molecule has 0 saturated heterocycles. The van der Waals surface area contributed by atoms with Gasteiger partial charge in [0.2, 0.25) is 0 Å². The first-order valence-corrected chi connectivity index (χ1v) is 19.4. The third kappa shape index (κ3) is 4.94. The molecule has 7 aromatic rings. The molecule has 1 aliphatic heterocycles. The van der Waals surface area contributed by atoms with Crippen molar-refractivity contribution >= 4 is 56.1 Å². The molecule has 11 rings (SSSR count). The Bertz CT molecular complexity index is 2860. The van der Waals surface area contributed by atoms with E-state index in [1.807, 2.05) is 0 Å². The minimum atomic E-state index is 0.199. The van der Waals surface area contributed by atoms with E-state index in [0.29, 0.717) is 5.92 Å². The molecule has 7 aromatic carbocycles. The second kappa shape index (κ2) is 12.5. The molecular weight excluding hydrogens is 673 g/mol. The van der Waals surface area contributed by atoms with Crippen LogP contribution in [-0.2, 0) is 0 Å². The standard InChI is InChI=1S/C52H36OS/c54-52-40(33-12-2-1-3-13-33)26-23-34-24-28-46-41-27-25-37(31-47(41)53-51(46)50(34)52)36-15-10-16-38(30-36)48-42-17-6-8-19-44(42)49(45-20-9-7-18-43(45)48)39-22-21-32-11-4-5-14-35(32)29-39/h1-26,28,30-31,35,41,54H,27,29H2. The highest BCUT2D eigenvalue weighted by Gasteiger charge is 2.34. The minimum Gasteiger partial charge on any atom is -0.460 e. The molecule has 2 heteroatoms. The first-order valence-electron chi connectivity index (χ1n) is 18.9. The van der Waals surface area contributed by atoms with E-state index >= 15 is 0 Å². The zero-order chi connectivity index (χ0) is 35.8. The van der Waals surface area contributed by atoms with Crippen LogP contribution in [-0.4, -0.2) is 0 Å². The van der Waals surface area contributed by atoms with E-state index < -0.39 is 0 Å². The lowest BCUT2D eigenvalue weighted by Gasteiger charge is -2.25. The lowest BCUT2D eigenvalue weighted by molar-refractivity contribution is 0.429. The summed E-state index contributed by atoms with van der Waals surface area (Å²) in [5.41, 5.74) is 12.6. The van der Waals surface area contributed by atoms with E-state index in [1.165, 1.54) is 66.1 Å². The van der Waals surface area contributed by atoms with Gasteiger partial charge in [-0.2, -0.15) is 0 Å². The van der Waals surface area contributed by atoms with Gasteiger partial charge in [0.25, 0.3) is 0 Å². The number of hydrogen-bond acceptors (Lipinski definition) is 2. The first-order chi connectivity index (χ1) is 26.7. The van der Waals surface area contributed by atoms with Crippen molar-refractivity contribution in [2.45, 2.75) is 23.7 Å². The summed E-state index contributed by atoms with van der Waals surface area (Å²) < 4.78 is 6.84. The van der Waals surface area contributed by atoms with E-state index in [1.54, 1.807) is 0 Å². The van der Waals surface area contributed by atoms with E-state index in [0.717, 1.165) is 51.1 Å². The van der Waals surface area contributed by atoms with E-state index in [-0.39, 0.29) is 5.92 Å². The maximum absolute atomic E-state index is 6.84. The van der Waals surface area contributed by atoms with Gasteiger partial charge in [0, 0.05) is 27.7 Å². The van der Waals surface area contributed by atoms with Crippen molar-refractivity contribution in [3.63, 3.8) is 0 Å². The second-order valence-corrected chi connectivity index (χ2v) is 15.3. The van der Waals surface area contributed by atoms with Gasteiger partial charge in [-0.1, -0.05) is 164 Å². The summed E-state index contributed by atoms with van der Waals surface area (Å²) in [7, 11) is 0. The molecule has 0 N–H and O–H groups in total. The van der Waals surface area contributed by atoms with Crippen LogP contribution in [0.2, 0.25) is 0 Å². The third-order valence-corrected chi connectivity index (χ3v) is 12.3. The van der Waals surface area contributed by atoms with Gasteiger partial charge in [0.15, 0.2) is 0 Å². The number of allylic oxidation sites excluding steroid dienone is 12. The Morgan fingerprint density at radius 3 is 2.13 bits per heavy atom. The van der Waals surface area contributed by atoms with Crippen LogP contribution < -0.4 is 4.74 Å². The van der Waals surface area contributed by atoms with Gasteiger partial charge in [-0.15, -0.1) is 12.6 Å². The first kappa shape index (κ1) is 31.4. The Labute approximate surface area is 321 Å². The van der Waals surface area contributed by atoms with Crippen molar-refractivity contribution in [1.82, 2.24) is 0 Å². The molecule has 0 fully saturated rings. The lowest BCUT2D eigenvalue weighted by Crippen LogP contribution is -2.07. The molecule has 0 radical (unpaired) electrons. The van der Waals surface area contributed by atoms with Crippen molar-refractivity contribution in [3.8, 4) is 28.0 Å². The third-order valence-electron chi connectivity index (χ3n) is 11.9. The Hall–Kier alpha value is -6.09. The van der Waals surface area contributed by atoms with Crippen molar-refractivity contribution in [3.05, 3.63) is 204 Å². The highest BCUT2D eigenvalue weighted by atomic mass is 32.1. The number of benzene rings is 7. The van der Waals surface area contributed by atoms with Gasteiger partial charge in [-0.3, -0.25) is 0 Å². The molecule has 1 heterocycles. The van der Waals surface area contributed by atoms with Gasteiger partial charge in [-0.25, -0.2) is 0 Å². The summed E-state index contributed by atoms with van der Waals surface area (Å²) in [6.45, 7) is 0. The van der Waals surface area contributed by atoms with Crippen LogP contribution >= 0.6 is 12.6 Å². The number of thiol groups is 1. The zero-order valence-electron chi connectivity index (χ0n) is 29.7. The van der Waals surface area contributed by atoms with E-state index in [4.69, 9.17) is 17.4 Å². The molecule has 4 aliphatic rings. The molecule has 0 spiro atoms. The Morgan fingerprint density at radius 1 is 0.630 bits per heavy atom. The van der Waals surface area contributed by atoms with Crippen molar-refractivity contribution in [2.75, 3.05) is 0 Å². The van der Waals surface area contributed by atoms with Crippen molar-refractivity contribution in [1.29, 1.82) is 0 Å². The van der Waals surface area contributed by atoms with Crippen LogP contribution in [0.4, 0.5) is 0 Å². The van der Waals surface area contributed by atoms with Gasteiger partial charge in [0.05, 0.1) is 0 Å². The minimum absolute atomic E-state index is 0.199. The zero-order valence-corrected chi connectivity index (χ0v) is 30.6. The Kier molecular flexibility index (Phi) is 7.28. The molecule has 2 atom stereocenters. The fraction of sp³-hybridized carbons (Fsp3) is 0.0769. The van der Waals surface area contributed by atoms with Crippen molar-refractivity contribution < 1.29 is 4.74 Å². The summed E-state index contributed by atoms with van der Waals surface area (Å²) in [6, 6.07) is 46.4. The highest BCUT2D eigenvalue weighted by Crippen LogP contribution is 2.52. The van der Waals surface area contributed by atoms with Crippen LogP contribution in [0.5, 0.6) is 5.75 Å². The normalized spacial score (nSPS) is 18.4. The van der Waals surface area contributed by atoms with Crippen LogP contribution in [0.3, 0.4) is 0 Å². The molecule has 1 nitrogen and oxygen atoms in total. The largest absolute Gasteiger partial charge is 0.460 e. The van der Waals surface area contributed by atoms with Crippen molar-refractivity contribution in [2.24, 2.45) is 5.92 Å². The predicted octanol–water partition coefficient (Wildman–Crippen LogP) is 14.1. The summed E-state index contributed by atoms with van der Waals surface area (Å²) >= 11 is 5.11. The molecule has 0 bridgehead atoms. The fourth-order valence-electron chi connectivity index (χ4n) is 9.28. The number of hydrogen-bond donors (Lipinski definition) is 1. The summed E-state index contributed by atoms with van der Waals surface area (Å²) in [4.78, 5) is 0.963. The second-order valence-electron chi connectivity index (χ2n) is 14.8. The number of fused-ring (bicyclic) bond motifs is 8. The van der Waals surface area contributed by atoms with Gasteiger partial charge >= 0.3 is 0 Å². The van der Waals surface area contributed by atoms with E-state index in [2.05, 4.69) is 176 Å². The lowest BCUT2D eigenvalue weighted by atomic mass is 9.78. The number of ether oxygens (including phenoxy) is 1. The quantitative estimate of drug-likeness (QED) is 0.141. The van der Waals surface area contributed by atoms with E-state index in [9.17, 15) is 0 Å². The molecule has 0 saturated carbocycles. The van der Waals surface area contributed by atoms with Gasteiger partial charge < -0.3 is 4.74 Å². The average Bonchev–Trinajstić information content (AvgIpc) is 3.61. The van der Waals surface area contributed by atoms with Crippen LogP contribution in [0.1, 0.15) is 35.4 Å². The monoisotopic (exact) mass is 708 g/mol. The summed E-state index contributed by atoms with van der Waals surface area (Å²) in [5, 5.41) is 7.42. The van der Waals surface area contributed by atoms with Gasteiger partial charge in [0.1, 0.15) is 11.5 Å². The maximum atomic E-state index is 6.84. The molecule has 2 unspecified atom stereocenters. The average molecular weight is 709 g/mol. The highest BCUT2D eigenvalue weighted by molar-refractivity contribution is 7.80. The molecule has 0 aromatic heterocycles. The molecule has 54 heavy (non-hydrogen) atoms. The van der Waals surface area contributed by atoms with Crippen LogP contribution in [0.15, 0.2) is 192 Å². The Morgan fingerprint density at radius 2 is 1.33 bits per heavy atom. The van der Waals surface area contributed by atoms with Crippen LogP contribution in [0, 0.1) is 5.92 Å². The molecule has 0 amide bonds. The SMILES string of the molecule is Sc1c(-c2ccccc2)ccc2ccc3c(c12)OC1=CC(c2cccc(-c4c5ccccc5c(C5=CC=C6C=CC=CC6C5)c5ccccc45)c2)=CCC13. The number of rotatable bonds is 4. The molecule has 3 aliphatic carbocycles. The van der Waals surface area contributed by atoms with Gasteiger partial charge in [-0.05, 0) is 102 Å². The molecular formula is C52H36OS. The Balaban J connectivity index is 0.995. The topological polar surface area (TPSA) is 9.23 Å². The summed E-state index contributed by atoms with van der Waals surface area (Å²) in [5.74, 6) is 2.58. The fourth-order valence-corrected chi connectivity index (χ4v) is 9.72. The smallest absolute Gasteiger partial charge is 0.139 e. The predicted molar refractivity (Wildman–Crippen MR) is 230 cm³/mol. The van der Waals surface area contributed by atoms with Crippen LogP contribution in [0.25, 0.3) is 65.7 Å². The maximum Gasteiger partial charge on any atom is 0.139 e.